The van der Waals surface area contributed by atoms with Gasteiger partial charge in [0.05, 0.1) is 39.8 Å². The Morgan fingerprint density at radius 2 is 1.72 bits per heavy atom. The Hall–Kier alpha value is -1.56. The van der Waals surface area contributed by atoms with Gasteiger partial charge in [-0.3, -0.25) is 0 Å². The highest BCUT2D eigenvalue weighted by atomic mass is 32.2. The maximum Gasteiger partial charge on any atom is 0.416 e. The molecule has 1 fully saturated rings. The summed E-state index contributed by atoms with van der Waals surface area (Å²) in [6.07, 6.45) is -8.30. The highest BCUT2D eigenvalue weighted by Crippen LogP contribution is 2.42. The van der Waals surface area contributed by atoms with Crippen LogP contribution in [0.2, 0.25) is 25.7 Å². The third kappa shape index (κ3) is 12.1. The van der Waals surface area contributed by atoms with E-state index >= 15 is 0 Å². The van der Waals surface area contributed by atoms with Crippen LogP contribution in [0.1, 0.15) is 77.4 Å². The van der Waals surface area contributed by atoms with Crippen LogP contribution in [0.5, 0.6) is 0 Å². The van der Waals surface area contributed by atoms with Crippen molar-refractivity contribution in [3.05, 3.63) is 29.6 Å². The van der Waals surface area contributed by atoms with E-state index in [9.17, 15) is 30.6 Å². The summed E-state index contributed by atoms with van der Waals surface area (Å²) in [5.74, 6) is 0.516. The summed E-state index contributed by atoms with van der Waals surface area (Å²) in [5, 5.41) is 3.22. The molecule has 0 spiro atoms. The van der Waals surface area contributed by atoms with Crippen LogP contribution >= 0.6 is 0 Å². The quantitative estimate of drug-likeness (QED) is 0.0917. The molecule has 4 N–H and O–H groups in total. The number of aromatic nitrogens is 2. The van der Waals surface area contributed by atoms with Gasteiger partial charge in [-0.2, -0.15) is 26.3 Å². The zero-order valence-corrected chi connectivity index (χ0v) is 30.4. The van der Waals surface area contributed by atoms with Gasteiger partial charge in [-0.1, -0.05) is 25.7 Å². The van der Waals surface area contributed by atoms with Gasteiger partial charge >= 0.3 is 12.4 Å². The van der Waals surface area contributed by atoms with Crippen molar-refractivity contribution in [1.82, 2.24) is 19.6 Å². The average Bonchev–Trinajstić information content (AvgIpc) is 3.67. The van der Waals surface area contributed by atoms with Crippen molar-refractivity contribution in [1.29, 1.82) is 0 Å². The normalized spacial score (nSPS) is 18.0. The van der Waals surface area contributed by atoms with E-state index in [-0.39, 0.29) is 25.2 Å². The summed E-state index contributed by atoms with van der Waals surface area (Å²) in [6, 6.07) is 4.06. The Morgan fingerprint density at radius 1 is 1.09 bits per heavy atom. The lowest BCUT2D eigenvalue weighted by Gasteiger charge is -2.31. The number of nitrogens with one attached hydrogen (secondary N) is 2. The topological polar surface area (TPSA) is 103 Å². The summed E-state index contributed by atoms with van der Waals surface area (Å²) in [7, 11) is -3.12. The molecule has 1 saturated carbocycles. The van der Waals surface area contributed by atoms with Gasteiger partial charge in [0.1, 0.15) is 18.6 Å². The van der Waals surface area contributed by atoms with Crippen molar-refractivity contribution in [3.8, 4) is 0 Å². The van der Waals surface area contributed by atoms with Crippen LogP contribution in [0.15, 0.2) is 18.2 Å². The predicted octanol–water partition coefficient (Wildman–Crippen LogP) is 7.12. The van der Waals surface area contributed by atoms with Crippen LogP contribution in [0.3, 0.4) is 0 Å². The van der Waals surface area contributed by atoms with Crippen molar-refractivity contribution in [3.63, 3.8) is 0 Å². The van der Waals surface area contributed by atoms with Crippen LogP contribution in [0.4, 0.5) is 26.3 Å². The first-order chi connectivity index (χ1) is 21.4. The van der Waals surface area contributed by atoms with Crippen LogP contribution in [0, 0.1) is 5.92 Å². The third-order valence-corrected chi connectivity index (χ3v) is 11.3. The van der Waals surface area contributed by atoms with Crippen LogP contribution in [0.25, 0.3) is 11.0 Å². The second kappa shape index (κ2) is 15.1. The van der Waals surface area contributed by atoms with Gasteiger partial charge in [0.2, 0.25) is 0 Å². The van der Waals surface area contributed by atoms with Crippen molar-refractivity contribution >= 4 is 30.1 Å². The first kappa shape index (κ1) is 39.9. The molecule has 0 saturated heterocycles. The van der Waals surface area contributed by atoms with Gasteiger partial charge in [0.15, 0.2) is 5.60 Å². The number of imidazole rings is 1. The molecule has 8 nitrogen and oxygen atoms in total. The maximum absolute atomic E-state index is 13.8. The zero-order chi connectivity index (χ0) is 35.6. The minimum Gasteiger partial charge on any atom is -0.364 e. The molecule has 1 heterocycles. The standard InChI is InChI=1S/C31H51F6N5O3SSi/c1-28(2,3)46(43)41-24(18-45-29(4,5)31(35,36)37)27-40-23-15-21(11-12-25(23)42(27)19-44-13-14-47(6,7)8)26(20-9-10-20)39-17-22(38)16-30(32,33)34/h11-12,15,20,22,24,26,39,41H,9-10,13-14,16-19,38H2,1-8H3/t22-,24-,26+,46+/m0/s1. The number of fused-ring (bicyclic) bond motifs is 1. The van der Waals surface area contributed by atoms with E-state index < -0.39 is 66.9 Å². The molecule has 0 radical (unpaired) electrons. The molecule has 16 heteroatoms. The number of rotatable bonds is 17. The molecule has 0 aliphatic heterocycles. The second-order valence-corrected chi connectivity index (χ2v) is 22.8. The first-order valence-corrected chi connectivity index (χ1v) is 20.8. The van der Waals surface area contributed by atoms with Gasteiger partial charge in [-0.05, 0) is 77.1 Å². The fourth-order valence-corrected chi connectivity index (χ4v) is 6.31. The number of nitrogens with two attached hydrogens (primary N) is 1. The fourth-order valence-electron chi connectivity index (χ4n) is 4.77. The van der Waals surface area contributed by atoms with Crippen molar-refractivity contribution in [2.45, 2.75) is 127 Å². The largest absolute Gasteiger partial charge is 0.416 e. The third-order valence-electron chi connectivity index (χ3n) is 7.98. The number of ether oxygens (including phenoxy) is 2. The molecule has 3 rings (SSSR count). The number of nitrogens with zero attached hydrogens (tertiary/aromatic N) is 2. The Morgan fingerprint density at radius 3 is 2.26 bits per heavy atom. The molecule has 2 aromatic rings. The lowest BCUT2D eigenvalue weighted by molar-refractivity contribution is -0.265. The van der Waals surface area contributed by atoms with E-state index in [1.165, 1.54) is 0 Å². The van der Waals surface area contributed by atoms with Gasteiger partial charge in [-0.15, -0.1) is 0 Å². The summed E-state index contributed by atoms with van der Waals surface area (Å²) < 4.78 is 109. The first-order valence-electron chi connectivity index (χ1n) is 15.9. The smallest absolute Gasteiger partial charge is 0.364 e. The van der Waals surface area contributed by atoms with Crippen LogP contribution in [-0.4, -0.2) is 70.3 Å². The monoisotopic (exact) mass is 715 g/mol. The number of benzene rings is 1. The lowest BCUT2D eigenvalue weighted by Crippen LogP contribution is -2.45. The van der Waals surface area contributed by atoms with Crippen LogP contribution in [-0.2, 0) is 27.2 Å². The lowest BCUT2D eigenvalue weighted by atomic mass is 10.0. The van der Waals surface area contributed by atoms with Crippen LogP contribution < -0.4 is 15.8 Å². The van der Waals surface area contributed by atoms with Gasteiger partial charge in [-0.25, -0.2) is 13.9 Å². The maximum atomic E-state index is 13.8. The molecule has 1 aliphatic carbocycles. The molecule has 0 unspecified atom stereocenters. The Kier molecular flexibility index (Phi) is 12.8. The number of hydrogen-bond acceptors (Lipinski definition) is 6. The summed E-state index contributed by atoms with van der Waals surface area (Å²) in [4.78, 5) is 4.84. The minimum absolute atomic E-state index is 0.0275. The van der Waals surface area contributed by atoms with Gasteiger partial charge in [0.25, 0.3) is 0 Å². The number of alkyl halides is 6. The highest BCUT2D eigenvalue weighted by molar-refractivity contribution is 7.84. The van der Waals surface area contributed by atoms with E-state index in [0.29, 0.717) is 23.5 Å². The molecule has 1 aliphatic rings. The number of hydrogen-bond donors (Lipinski definition) is 3. The molecule has 47 heavy (non-hydrogen) atoms. The van der Waals surface area contributed by atoms with E-state index in [0.717, 1.165) is 38.3 Å². The van der Waals surface area contributed by atoms with E-state index in [1.54, 1.807) is 25.3 Å². The Balaban J connectivity index is 2.03. The fraction of sp³-hybridized carbons (Fsp3) is 0.774. The van der Waals surface area contributed by atoms with Gasteiger partial charge < -0.3 is 25.1 Å². The molecular formula is C31H51F6N5O3SSi. The van der Waals surface area contributed by atoms with E-state index in [2.05, 4.69) is 29.7 Å². The molecular weight excluding hydrogens is 665 g/mol. The average molecular weight is 716 g/mol. The Labute approximate surface area is 277 Å². The zero-order valence-electron chi connectivity index (χ0n) is 28.6. The number of halogens is 6. The molecule has 270 valence electrons. The molecule has 1 aromatic carbocycles. The highest BCUT2D eigenvalue weighted by Gasteiger charge is 2.49. The van der Waals surface area contributed by atoms with E-state index in [1.807, 2.05) is 18.2 Å². The molecule has 0 amide bonds. The van der Waals surface area contributed by atoms with Gasteiger partial charge in [0, 0.05) is 33.3 Å². The summed E-state index contributed by atoms with van der Waals surface area (Å²) >= 11 is 0. The second-order valence-electron chi connectivity index (χ2n) is 15.2. The minimum atomic E-state index is -4.65. The SMILES string of the molecule is CC(C)(C)[S@@](=O)N[C@@H](COC(C)(C)C(F)(F)F)c1nc2cc([C@H](NC[C@@H](N)CC(F)(F)F)C3CC3)ccc2n1COCC[Si](C)(C)C. The summed E-state index contributed by atoms with van der Waals surface area (Å²) in [5.41, 5.74) is 5.26. The molecule has 0 bridgehead atoms. The van der Waals surface area contributed by atoms with Crippen molar-refractivity contribution in [2.75, 3.05) is 19.8 Å². The predicted molar refractivity (Wildman–Crippen MR) is 176 cm³/mol. The Bertz CT molecular complexity index is 1350. The van der Waals surface area contributed by atoms with Crippen molar-refractivity contribution in [2.24, 2.45) is 11.7 Å². The molecule has 4 atom stereocenters. The molecule has 1 aromatic heterocycles. The summed E-state index contributed by atoms with van der Waals surface area (Å²) in [6.45, 7) is 13.8. The van der Waals surface area contributed by atoms with Crippen molar-refractivity contribution < 1.29 is 40.0 Å². The van der Waals surface area contributed by atoms with E-state index in [4.69, 9.17) is 20.2 Å².